The molecule has 0 atom stereocenters. The van der Waals surface area contributed by atoms with E-state index in [1.165, 1.54) is 0 Å². The average molecular weight is 258 g/mol. The zero-order chi connectivity index (χ0) is 12.5. The van der Waals surface area contributed by atoms with Gasteiger partial charge in [-0.2, -0.15) is 0 Å². The highest BCUT2D eigenvalue weighted by Gasteiger charge is 2.05. The molecule has 0 fully saturated rings. The first-order chi connectivity index (χ1) is 8.76. The minimum Gasteiger partial charge on any atom is -0.453 e. The molecule has 0 radical (unpaired) electrons. The average Bonchev–Trinajstić information content (AvgIpc) is 2.86. The third-order valence-electron chi connectivity index (χ3n) is 2.72. The Balaban J connectivity index is 2.14. The van der Waals surface area contributed by atoms with Crippen molar-refractivity contribution in [3.05, 3.63) is 53.5 Å². The van der Waals surface area contributed by atoms with Gasteiger partial charge in [-0.1, -0.05) is 23.7 Å². The van der Waals surface area contributed by atoms with Crippen molar-refractivity contribution in [2.45, 2.75) is 0 Å². The van der Waals surface area contributed by atoms with E-state index in [2.05, 4.69) is 4.98 Å². The van der Waals surface area contributed by atoms with E-state index in [-0.39, 0.29) is 0 Å². The number of benzene rings is 1. The van der Waals surface area contributed by atoms with Gasteiger partial charge in [-0.3, -0.25) is 4.79 Å². The van der Waals surface area contributed by atoms with Crippen LogP contribution in [0.2, 0.25) is 5.15 Å². The molecule has 0 amide bonds. The monoisotopic (exact) mass is 257 g/mol. The molecule has 3 aromatic rings. The van der Waals surface area contributed by atoms with E-state index in [4.69, 9.17) is 16.0 Å². The molecule has 88 valence electrons. The lowest BCUT2D eigenvalue weighted by molar-refractivity contribution is 0.110. The minimum atomic E-state index is 0.317. The highest BCUT2D eigenvalue weighted by molar-refractivity contribution is 6.30. The number of halogens is 1. The number of pyridine rings is 1. The van der Waals surface area contributed by atoms with E-state index in [1.54, 1.807) is 24.4 Å². The zero-order valence-corrected chi connectivity index (χ0v) is 10.0. The molecular weight excluding hydrogens is 250 g/mol. The molecule has 3 rings (SSSR count). The van der Waals surface area contributed by atoms with Crippen molar-refractivity contribution in [3.8, 4) is 11.3 Å². The predicted octanol–water partition coefficient (Wildman–Crippen LogP) is 3.96. The van der Waals surface area contributed by atoms with Crippen LogP contribution in [-0.2, 0) is 0 Å². The van der Waals surface area contributed by atoms with Gasteiger partial charge in [-0.15, -0.1) is 0 Å². The number of nitrogens with zero attached hydrogens (tertiary/aromatic N) is 1. The Kier molecular flexibility index (Phi) is 2.61. The SMILES string of the molecule is O=Cc1ccc(-c2ccc3cnc(Cl)cc3c2)o1. The van der Waals surface area contributed by atoms with Gasteiger partial charge in [0.1, 0.15) is 10.9 Å². The van der Waals surface area contributed by atoms with Gasteiger partial charge in [0.05, 0.1) is 0 Å². The number of fused-ring (bicyclic) bond motifs is 1. The molecule has 1 aromatic carbocycles. The Labute approximate surface area is 108 Å². The first-order valence-electron chi connectivity index (χ1n) is 5.37. The third-order valence-corrected chi connectivity index (χ3v) is 2.92. The molecule has 0 spiro atoms. The summed E-state index contributed by atoms with van der Waals surface area (Å²) in [5.74, 6) is 0.977. The molecule has 18 heavy (non-hydrogen) atoms. The van der Waals surface area contributed by atoms with Gasteiger partial charge >= 0.3 is 0 Å². The molecule has 0 aliphatic rings. The van der Waals surface area contributed by atoms with Gasteiger partial charge in [-0.05, 0) is 29.7 Å². The van der Waals surface area contributed by atoms with Crippen molar-refractivity contribution < 1.29 is 9.21 Å². The molecule has 0 aliphatic heterocycles. The van der Waals surface area contributed by atoms with Gasteiger partial charge in [0.15, 0.2) is 12.0 Å². The Morgan fingerprint density at radius 3 is 2.78 bits per heavy atom. The summed E-state index contributed by atoms with van der Waals surface area (Å²) in [5.41, 5.74) is 0.901. The lowest BCUT2D eigenvalue weighted by Gasteiger charge is -2.01. The number of carbonyl (C=O) groups is 1. The largest absolute Gasteiger partial charge is 0.453 e. The summed E-state index contributed by atoms with van der Waals surface area (Å²) in [6.45, 7) is 0. The maximum Gasteiger partial charge on any atom is 0.185 e. The Morgan fingerprint density at radius 2 is 2.00 bits per heavy atom. The molecule has 0 saturated carbocycles. The van der Waals surface area contributed by atoms with Crippen LogP contribution in [0, 0.1) is 0 Å². The topological polar surface area (TPSA) is 43.1 Å². The predicted molar refractivity (Wildman–Crippen MR) is 69.8 cm³/mol. The molecule has 0 bridgehead atoms. The quantitative estimate of drug-likeness (QED) is 0.515. The Morgan fingerprint density at radius 1 is 1.11 bits per heavy atom. The van der Waals surface area contributed by atoms with Crippen molar-refractivity contribution in [1.29, 1.82) is 0 Å². The van der Waals surface area contributed by atoms with E-state index in [0.29, 0.717) is 23.0 Å². The summed E-state index contributed by atoms with van der Waals surface area (Å²) in [7, 11) is 0. The number of furan rings is 1. The molecule has 0 aliphatic carbocycles. The number of aromatic nitrogens is 1. The first-order valence-corrected chi connectivity index (χ1v) is 5.75. The third kappa shape index (κ3) is 1.89. The second-order valence-electron chi connectivity index (χ2n) is 3.89. The number of hydrogen-bond acceptors (Lipinski definition) is 3. The fraction of sp³-hybridized carbons (Fsp3) is 0. The van der Waals surface area contributed by atoms with Crippen LogP contribution >= 0.6 is 11.6 Å². The lowest BCUT2D eigenvalue weighted by Crippen LogP contribution is -1.79. The molecular formula is C14H8ClNO2. The van der Waals surface area contributed by atoms with Crippen LogP contribution in [0.1, 0.15) is 10.6 Å². The minimum absolute atomic E-state index is 0.317. The second-order valence-corrected chi connectivity index (χ2v) is 4.28. The van der Waals surface area contributed by atoms with E-state index in [1.807, 2.05) is 18.2 Å². The van der Waals surface area contributed by atoms with E-state index >= 15 is 0 Å². The van der Waals surface area contributed by atoms with Crippen molar-refractivity contribution >= 4 is 28.7 Å². The van der Waals surface area contributed by atoms with Crippen LogP contribution in [-0.4, -0.2) is 11.3 Å². The van der Waals surface area contributed by atoms with Crippen molar-refractivity contribution in [2.75, 3.05) is 0 Å². The van der Waals surface area contributed by atoms with Gasteiger partial charge < -0.3 is 4.42 Å². The van der Waals surface area contributed by atoms with Crippen LogP contribution in [0.3, 0.4) is 0 Å². The maximum atomic E-state index is 10.6. The van der Waals surface area contributed by atoms with Crippen molar-refractivity contribution in [1.82, 2.24) is 4.98 Å². The second kappa shape index (κ2) is 4.27. The van der Waals surface area contributed by atoms with Crippen LogP contribution in [0.4, 0.5) is 0 Å². The van der Waals surface area contributed by atoms with Crippen LogP contribution in [0.5, 0.6) is 0 Å². The summed E-state index contributed by atoms with van der Waals surface area (Å²) in [6.07, 6.45) is 2.41. The zero-order valence-electron chi connectivity index (χ0n) is 9.26. The molecule has 4 heteroatoms. The van der Waals surface area contributed by atoms with Gasteiger partial charge in [0, 0.05) is 17.1 Å². The van der Waals surface area contributed by atoms with Gasteiger partial charge in [0.25, 0.3) is 0 Å². The molecule has 0 saturated heterocycles. The molecule has 2 heterocycles. The van der Waals surface area contributed by atoms with Crippen molar-refractivity contribution in [2.24, 2.45) is 0 Å². The van der Waals surface area contributed by atoms with Gasteiger partial charge in [-0.25, -0.2) is 4.98 Å². The number of aldehydes is 1. The summed E-state index contributed by atoms with van der Waals surface area (Å²) in [6, 6.07) is 11.0. The van der Waals surface area contributed by atoms with E-state index in [9.17, 15) is 4.79 Å². The number of carbonyl (C=O) groups excluding carboxylic acids is 1. The van der Waals surface area contributed by atoms with Crippen LogP contribution < -0.4 is 0 Å². The highest BCUT2D eigenvalue weighted by Crippen LogP contribution is 2.26. The van der Waals surface area contributed by atoms with E-state index < -0.39 is 0 Å². The van der Waals surface area contributed by atoms with Crippen LogP contribution in [0.25, 0.3) is 22.1 Å². The Hall–Kier alpha value is -2.13. The maximum absolute atomic E-state index is 10.6. The molecule has 3 nitrogen and oxygen atoms in total. The summed E-state index contributed by atoms with van der Waals surface area (Å²) < 4.78 is 5.38. The summed E-state index contributed by atoms with van der Waals surface area (Å²) >= 11 is 5.86. The summed E-state index contributed by atoms with van der Waals surface area (Å²) in [5, 5.41) is 2.44. The lowest BCUT2D eigenvalue weighted by atomic mass is 10.1. The molecule has 0 unspecified atom stereocenters. The highest BCUT2D eigenvalue weighted by atomic mass is 35.5. The normalized spacial score (nSPS) is 10.7. The number of hydrogen-bond donors (Lipinski definition) is 0. The van der Waals surface area contributed by atoms with Crippen molar-refractivity contribution in [3.63, 3.8) is 0 Å². The first kappa shape index (κ1) is 11.0. The van der Waals surface area contributed by atoms with E-state index in [0.717, 1.165) is 16.3 Å². The standard InChI is InChI=1S/C14H8ClNO2/c15-14-6-11-5-9(1-2-10(11)7-16-14)13-4-3-12(8-17)18-13/h1-8H. The fourth-order valence-corrected chi connectivity index (χ4v) is 2.01. The van der Waals surface area contributed by atoms with Gasteiger partial charge in [0.2, 0.25) is 0 Å². The number of rotatable bonds is 2. The van der Waals surface area contributed by atoms with Crippen LogP contribution in [0.15, 0.2) is 47.0 Å². The molecule has 2 aromatic heterocycles. The fourth-order valence-electron chi connectivity index (χ4n) is 1.84. The Bertz CT molecular complexity index is 733. The summed E-state index contributed by atoms with van der Waals surface area (Å²) in [4.78, 5) is 14.6. The smallest absolute Gasteiger partial charge is 0.185 e. The molecule has 0 N–H and O–H groups in total.